The van der Waals surface area contributed by atoms with E-state index in [9.17, 15) is 22.8 Å². The summed E-state index contributed by atoms with van der Waals surface area (Å²) >= 11 is 0.971. The quantitative estimate of drug-likeness (QED) is 0.462. The van der Waals surface area contributed by atoms with Crippen molar-refractivity contribution in [3.63, 3.8) is 0 Å². The summed E-state index contributed by atoms with van der Waals surface area (Å²) < 4.78 is 44.8. The van der Waals surface area contributed by atoms with E-state index < -0.39 is 34.8 Å². The van der Waals surface area contributed by atoms with Crippen molar-refractivity contribution in [3.8, 4) is 0 Å². The highest BCUT2D eigenvalue weighted by Crippen LogP contribution is 2.34. The van der Waals surface area contributed by atoms with Gasteiger partial charge in [0.05, 0.1) is 22.7 Å². The highest BCUT2D eigenvalue weighted by Gasteiger charge is 2.35. The molecule has 0 unspecified atom stereocenters. The second-order valence-corrected chi connectivity index (χ2v) is 9.31. The summed E-state index contributed by atoms with van der Waals surface area (Å²) in [6, 6.07) is 4.54. The maximum atomic E-state index is 13.2. The van der Waals surface area contributed by atoms with E-state index in [1.807, 2.05) is 0 Å². The molecule has 2 aromatic rings. The second kappa shape index (κ2) is 9.45. The fraction of sp³-hybridized carbons (Fsp3) is 0.476. The molecule has 7 nitrogen and oxygen atoms in total. The number of hydroxylamine groups is 2. The Morgan fingerprint density at radius 2 is 1.97 bits per heavy atom. The lowest BCUT2D eigenvalue weighted by Gasteiger charge is -2.25. The molecule has 1 N–H and O–H groups in total. The number of hydrogen-bond acceptors (Lipinski definition) is 8. The highest BCUT2D eigenvalue weighted by molar-refractivity contribution is 7.17. The number of rotatable bonds is 6. The summed E-state index contributed by atoms with van der Waals surface area (Å²) in [5, 5.41) is 5.00. The molecule has 0 amide bonds. The topological polar surface area (TPSA) is 80.8 Å². The maximum Gasteiger partial charge on any atom is 0.528 e. The third-order valence-corrected chi connectivity index (χ3v) is 5.55. The van der Waals surface area contributed by atoms with Crippen molar-refractivity contribution in [3.05, 3.63) is 46.5 Å². The molecule has 1 aliphatic rings. The number of carbonyl (C=O) groups excluding carboxylic acids is 2. The predicted octanol–water partition coefficient (Wildman–Crippen LogP) is 5.14. The Balaban J connectivity index is 1.61. The SMILES string of the molecule is CC(C)(C)OC(=O)ON1CCC[C@H]1CNc1ncc(C(=O)c2ccccc2C(F)(F)F)s1. The molecule has 1 atom stereocenters. The van der Waals surface area contributed by atoms with Crippen molar-refractivity contribution in [2.45, 2.75) is 51.4 Å². The van der Waals surface area contributed by atoms with Crippen LogP contribution in [0, 0.1) is 0 Å². The minimum atomic E-state index is -4.63. The summed E-state index contributed by atoms with van der Waals surface area (Å²) in [5.74, 6) is -0.737. The second-order valence-electron chi connectivity index (χ2n) is 8.28. The van der Waals surface area contributed by atoms with Crippen LogP contribution in [-0.2, 0) is 15.8 Å². The summed E-state index contributed by atoms with van der Waals surface area (Å²) in [4.78, 5) is 34.0. The van der Waals surface area contributed by atoms with Crippen LogP contribution in [0.2, 0.25) is 0 Å². The molecule has 3 rings (SSSR count). The zero-order valence-corrected chi connectivity index (χ0v) is 18.7. The van der Waals surface area contributed by atoms with Gasteiger partial charge in [0, 0.05) is 18.7 Å². The van der Waals surface area contributed by atoms with Gasteiger partial charge in [-0.25, -0.2) is 9.78 Å². The van der Waals surface area contributed by atoms with Crippen molar-refractivity contribution >= 4 is 28.4 Å². The van der Waals surface area contributed by atoms with Crippen molar-refractivity contribution in [1.29, 1.82) is 0 Å². The Morgan fingerprint density at radius 3 is 2.66 bits per heavy atom. The Kier molecular flexibility index (Phi) is 7.09. The average molecular weight is 472 g/mol. The third-order valence-electron chi connectivity index (χ3n) is 4.60. The first-order chi connectivity index (χ1) is 14.9. The molecule has 1 fully saturated rings. The number of alkyl halides is 3. The number of carbonyl (C=O) groups is 2. The Hall–Kier alpha value is -2.66. The summed E-state index contributed by atoms with van der Waals surface area (Å²) in [6.45, 7) is 6.16. The molecule has 0 spiro atoms. The van der Waals surface area contributed by atoms with Gasteiger partial charge >= 0.3 is 12.3 Å². The van der Waals surface area contributed by atoms with Crippen LogP contribution in [0.1, 0.15) is 54.4 Å². The zero-order chi connectivity index (χ0) is 23.5. The first-order valence-corrected chi connectivity index (χ1v) is 10.8. The van der Waals surface area contributed by atoms with Crippen molar-refractivity contribution in [2.75, 3.05) is 18.4 Å². The molecule has 2 heterocycles. The Morgan fingerprint density at radius 1 is 1.25 bits per heavy atom. The number of hydrogen-bond donors (Lipinski definition) is 1. The van der Waals surface area contributed by atoms with Gasteiger partial charge < -0.3 is 14.9 Å². The molecule has 1 saturated heterocycles. The maximum absolute atomic E-state index is 13.2. The number of ketones is 1. The van der Waals surface area contributed by atoms with E-state index in [1.165, 1.54) is 18.3 Å². The van der Waals surface area contributed by atoms with E-state index >= 15 is 0 Å². The summed E-state index contributed by atoms with van der Waals surface area (Å²) in [6.07, 6.45) is -2.56. The fourth-order valence-electron chi connectivity index (χ4n) is 3.22. The first kappa shape index (κ1) is 24.0. The number of aromatic nitrogens is 1. The van der Waals surface area contributed by atoms with Crippen LogP contribution < -0.4 is 5.32 Å². The average Bonchev–Trinajstić information content (AvgIpc) is 3.33. The summed E-state index contributed by atoms with van der Waals surface area (Å²) in [5.41, 5.74) is -2.06. The van der Waals surface area contributed by atoms with E-state index in [0.29, 0.717) is 18.2 Å². The number of halogens is 3. The van der Waals surface area contributed by atoms with Gasteiger partial charge in [-0.1, -0.05) is 29.5 Å². The van der Waals surface area contributed by atoms with Crippen LogP contribution in [0.15, 0.2) is 30.5 Å². The Labute approximate surface area is 187 Å². The van der Waals surface area contributed by atoms with Crippen LogP contribution in [0.25, 0.3) is 0 Å². The molecule has 0 bridgehead atoms. The number of nitrogens with zero attached hydrogens (tertiary/aromatic N) is 2. The molecule has 32 heavy (non-hydrogen) atoms. The number of benzene rings is 1. The van der Waals surface area contributed by atoms with Gasteiger partial charge in [0.15, 0.2) is 5.13 Å². The normalized spacial score (nSPS) is 17.2. The van der Waals surface area contributed by atoms with Crippen molar-refractivity contribution < 1.29 is 32.3 Å². The molecular weight excluding hydrogens is 447 g/mol. The standard InChI is InChI=1S/C21H24F3N3O4S/c1-20(2,3)30-19(29)31-27-10-6-7-13(27)11-25-18-26-12-16(32-18)17(28)14-8-4-5-9-15(14)21(22,23)24/h4-5,8-9,12-13H,6-7,10-11H2,1-3H3,(H,25,26)/t13-/m0/s1. The molecule has 11 heteroatoms. The van der Waals surface area contributed by atoms with Crippen molar-refractivity contribution in [2.24, 2.45) is 0 Å². The predicted molar refractivity (Wildman–Crippen MR) is 113 cm³/mol. The highest BCUT2D eigenvalue weighted by atomic mass is 32.1. The van der Waals surface area contributed by atoms with E-state index in [4.69, 9.17) is 9.57 Å². The number of nitrogens with one attached hydrogen (secondary N) is 1. The molecule has 1 aromatic carbocycles. The Bertz CT molecular complexity index is 972. The van der Waals surface area contributed by atoms with Gasteiger partial charge in [0.1, 0.15) is 5.60 Å². The van der Waals surface area contributed by atoms with Gasteiger partial charge in [-0.15, -0.1) is 5.06 Å². The minimum absolute atomic E-state index is 0.0949. The minimum Gasteiger partial charge on any atom is -0.427 e. The molecule has 1 aliphatic heterocycles. The number of ether oxygens (including phenoxy) is 1. The molecule has 174 valence electrons. The molecule has 0 radical (unpaired) electrons. The van der Waals surface area contributed by atoms with Gasteiger partial charge in [0.2, 0.25) is 5.78 Å². The molecular formula is C21H24F3N3O4S. The largest absolute Gasteiger partial charge is 0.528 e. The van der Waals surface area contributed by atoms with Gasteiger partial charge in [-0.05, 0) is 39.7 Å². The van der Waals surface area contributed by atoms with E-state index in [0.717, 1.165) is 36.3 Å². The van der Waals surface area contributed by atoms with Crippen LogP contribution >= 0.6 is 11.3 Å². The lowest BCUT2D eigenvalue weighted by Crippen LogP contribution is -2.38. The lowest BCUT2D eigenvalue weighted by molar-refractivity contribution is -0.148. The number of thiazole rings is 1. The van der Waals surface area contributed by atoms with E-state index in [-0.39, 0.29) is 10.9 Å². The monoisotopic (exact) mass is 471 g/mol. The lowest BCUT2D eigenvalue weighted by atomic mass is 10.0. The molecule has 0 saturated carbocycles. The number of anilines is 1. The van der Waals surface area contributed by atoms with Crippen LogP contribution in [0.3, 0.4) is 0 Å². The molecule has 1 aromatic heterocycles. The zero-order valence-electron chi connectivity index (χ0n) is 17.9. The summed E-state index contributed by atoms with van der Waals surface area (Å²) in [7, 11) is 0. The smallest absolute Gasteiger partial charge is 0.427 e. The van der Waals surface area contributed by atoms with Gasteiger partial charge in [-0.2, -0.15) is 13.2 Å². The fourth-order valence-corrected chi connectivity index (χ4v) is 4.00. The van der Waals surface area contributed by atoms with Crippen LogP contribution in [0.5, 0.6) is 0 Å². The molecule has 0 aliphatic carbocycles. The van der Waals surface area contributed by atoms with E-state index in [1.54, 1.807) is 25.8 Å². The third kappa shape index (κ3) is 6.19. The van der Waals surface area contributed by atoms with Crippen LogP contribution in [0.4, 0.5) is 23.1 Å². The van der Waals surface area contributed by atoms with Gasteiger partial charge in [0.25, 0.3) is 0 Å². The van der Waals surface area contributed by atoms with Gasteiger partial charge in [-0.3, -0.25) is 4.79 Å². The van der Waals surface area contributed by atoms with E-state index in [2.05, 4.69) is 10.3 Å². The van der Waals surface area contributed by atoms with Crippen molar-refractivity contribution in [1.82, 2.24) is 10.0 Å². The first-order valence-electron chi connectivity index (χ1n) is 10.0. The van der Waals surface area contributed by atoms with Crippen LogP contribution in [-0.4, -0.2) is 46.7 Å².